The fourth-order valence-corrected chi connectivity index (χ4v) is 2.35. The van der Waals surface area contributed by atoms with Crippen LogP contribution in [-0.4, -0.2) is 15.9 Å². The number of halogens is 3. The molecule has 0 fully saturated rings. The Labute approximate surface area is 141 Å². The van der Waals surface area contributed by atoms with Gasteiger partial charge < -0.3 is 5.32 Å². The topological polar surface area (TPSA) is 54.9 Å². The fraction of sp³-hybridized carbons (Fsp3) is 0.167. The van der Waals surface area contributed by atoms with Crippen molar-refractivity contribution in [3.05, 3.63) is 65.0 Å². The third kappa shape index (κ3) is 3.60. The van der Waals surface area contributed by atoms with Crippen LogP contribution in [0.1, 0.15) is 27.3 Å². The van der Waals surface area contributed by atoms with Gasteiger partial charge in [-0.15, -0.1) is 0 Å². The molecule has 128 valence electrons. The predicted octanol–water partition coefficient (Wildman–Crippen LogP) is 4.52. The fourth-order valence-electron chi connectivity index (χ4n) is 2.35. The molecule has 0 saturated carbocycles. The lowest BCUT2D eigenvalue weighted by Gasteiger charge is -2.10. The van der Waals surface area contributed by atoms with Crippen molar-refractivity contribution in [2.45, 2.75) is 20.0 Å². The molecule has 1 amide bonds. The van der Waals surface area contributed by atoms with E-state index in [-0.39, 0.29) is 5.69 Å². The van der Waals surface area contributed by atoms with Gasteiger partial charge in [0.25, 0.3) is 5.91 Å². The molecule has 0 radical (unpaired) electrons. The first-order valence-corrected chi connectivity index (χ1v) is 7.47. The van der Waals surface area contributed by atoms with Crippen molar-refractivity contribution in [2.75, 3.05) is 5.32 Å². The molecule has 0 aliphatic heterocycles. The summed E-state index contributed by atoms with van der Waals surface area (Å²) in [5, 5.41) is 2.47. The zero-order chi connectivity index (χ0) is 18.2. The molecular weight excluding hydrogens is 331 g/mol. The Morgan fingerprint density at radius 3 is 2.32 bits per heavy atom. The number of benzene rings is 2. The Morgan fingerprint density at radius 2 is 1.64 bits per heavy atom. The van der Waals surface area contributed by atoms with Crippen molar-refractivity contribution >= 4 is 22.6 Å². The van der Waals surface area contributed by atoms with Gasteiger partial charge in [-0.3, -0.25) is 4.79 Å². The van der Waals surface area contributed by atoms with Gasteiger partial charge in [0.05, 0.1) is 28.0 Å². The molecule has 1 heterocycles. The molecule has 0 aliphatic rings. The molecule has 7 heteroatoms. The third-order valence-electron chi connectivity index (χ3n) is 3.79. The number of carbonyl (C=O) groups is 1. The van der Waals surface area contributed by atoms with Crippen LogP contribution in [0.15, 0.2) is 42.5 Å². The SMILES string of the molecule is Cc1nc2ccc(C(=O)Nc3cccc(C(F)(F)F)c3)cc2nc1C. The van der Waals surface area contributed by atoms with Gasteiger partial charge in [0, 0.05) is 11.3 Å². The van der Waals surface area contributed by atoms with E-state index >= 15 is 0 Å². The number of aromatic nitrogens is 2. The van der Waals surface area contributed by atoms with Gasteiger partial charge in [-0.05, 0) is 50.2 Å². The number of nitrogens with zero attached hydrogens (tertiary/aromatic N) is 2. The number of alkyl halides is 3. The second-order valence-corrected chi connectivity index (χ2v) is 5.63. The Morgan fingerprint density at radius 1 is 0.960 bits per heavy atom. The Kier molecular flexibility index (Phi) is 4.16. The Hall–Kier alpha value is -2.96. The first kappa shape index (κ1) is 16.9. The number of fused-ring (bicyclic) bond motifs is 1. The van der Waals surface area contributed by atoms with Crippen molar-refractivity contribution in [3.63, 3.8) is 0 Å². The Balaban J connectivity index is 1.89. The summed E-state index contributed by atoms with van der Waals surface area (Å²) in [6.45, 7) is 3.66. The molecule has 0 unspecified atom stereocenters. The van der Waals surface area contributed by atoms with Crippen LogP contribution in [-0.2, 0) is 6.18 Å². The minimum Gasteiger partial charge on any atom is -0.322 e. The minimum atomic E-state index is -4.46. The molecule has 0 bridgehead atoms. The number of rotatable bonds is 2. The van der Waals surface area contributed by atoms with E-state index < -0.39 is 17.6 Å². The molecular formula is C18H14F3N3O. The lowest BCUT2D eigenvalue weighted by Crippen LogP contribution is -2.13. The van der Waals surface area contributed by atoms with Gasteiger partial charge >= 0.3 is 6.18 Å². The lowest BCUT2D eigenvalue weighted by atomic mass is 10.1. The molecule has 0 saturated heterocycles. The number of nitrogens with one attached hydrogen (secondary N) is 1. The van der Waals surface area contributed by atoms with Crippen molar-refractivity contribution in [1.29, 1.82) is 0 Å². The van der Waals surface area contributed by atoms with Crippen LogP contribution in [0.5, 0.6) is 0 Å². The van der Waals surface area contributed by atoms with Gasteiger partial charge in [-0.1, -0.05) is 6.07 Å². The van der Waals surface area contributed by atoms with E-state index in [1.165, 1.54) is 12.1 Å². The quantitative estimate of drug-likeness (QED) is 0.743. The average Bonchev–Trinajstić information content (AvgIpc) is 2.55. The van der Waals surface area contributed by atoms with Crippen molar-refractivity contribution < 1.29 is 18.0 Å². The standard InChI is InChI=1S/C18H14F3N3O/c1-10-11(2)23-16-8-12(6-7-15(16)22-10)17(25)24-14-5-3-4-13(9-14)18(19,20)21/h3-9H,1-2H3,(H,24,25). The Bertz CT molecular complexity index is 967. The van der Waals surface area contributed by atoms with Gasteiger partial charge in [0.1, 0.15) is 0 Å². The summed E-state index contributed by atoms with van der Waals surface area (Å²) in [5.74, 6) is -0.513. The summed E-state index contributed by atoms with van der Waals surface area (Å²) in [6, 6.07) is 9.29. The first-order chi connectivity index (χ1) is 11.7. The molecule has 3 rings (SSSR count). The highest BCUT2D eigenvalue weighted by molar-refractivity contribution is 6.05. The predicted molar refractivity (Wildman–Crippen MR) is 88.4 cm³/mol. The van der Waals surface area contributed by atoms with E-state index in [1.807, 2.05) is 13.8 Å². The number of anilines is 1. The average molecular weight is 345 g/mol. The zero-order valence-electron chi connectivity index (χ0n) is 13.5. The van der Waals surface area contributed by atoms with E-state index in [2.05, 4.69) is 15.3 Å². The molecule has 1 N–H and O–H groups in total. The highest BCUT2D eigenvalue weighted by atomic mass is 19.4. The second kappa shape index (κ2) is 6.16. The van der Waals surface area contributed by atoms with E-state index in [0.717, 1.165) is 23.5 Å². The van der Waals surface area contributed by atoms with Gasteiger partial charge in [-0.2, -0.15) is 13.2 Å². The van der Waals surface area contributed by atoms with Crippen LogP contribution in [0.3, 0.4) is 0 Å². The molecule has 0 spiro atoms. The second-order valence-electron chi connectivity index (χ2n) is 5.63. The van der Waals surface area contributed by atoms with E-state index in [0.29, 0.717) is 16.6 Å². The molecule has 4 nitrogen and oxygen atoms in total. The van der Waals surface area contributed by atoms with Crippen molar-refractivity contribution in [3.8, 4) is 0 Å². The number of aryl methyl sites for hydroxylation is 2. The maximum Gasteiger partial charge on any atom is 0.416 e. The van der Waals surface area contributed by atoms with Crippen LogP contribution in [0.25, 0.3) is 11.0 Å². The maximum absolute atomic E-state index is 12.7. The highest BCUT2D eigenvalue weighted by Crippen LogP contribution is 2.30. The van der Waals surface area contributed by atoms with E-state index in [4.69, 9.17) is 0 Å². The summed E-state index contributed by atoms with van der Waals surface area (Å²) in [7, 11) is 0. The molecule has 0 atom stereocenters. The highest BCUT2D eigenvalue weighted by Gasteiger charge is 2.30. The van der Waals surface area contributed by atoms with E-state index in [1.54, 1.807) is 18.2 Å². The third-order valence-corrected chi connectivity index (χ3v) is 3.79. The number of hydrogen-bond donors (Lipinski definition) is 1. The largest absolute Gasteiger partial charge is 0.416 e. The normalized spacial score (nSPS) is 11.6. The van der Waals surface area contributed by atoms with Crippen LogP contribution in [0, 0.1) is 13.8 Å². The van der Waals surface area contributed by atoms with Crippen LogP contribution in [0.2, 0.25) is 0 Å². The summed E-state index contributed by atoms with van der Waals surface area (Å²) in [5.41, 5.74) is 2.31. The molecule has 0 aliphatic carbocycles. The van der Waals surface area contributed by atoms with Crippen LogP contribution >= 0.6 is 0 Å². The zero-order valence-corrected chi connectivity index (χ0v) is 13.5. The van der Waals surface area contributed by atoms with Crippen molar-refractivity contribution in [2.24, 2.45) is 0 Å². The summed E-state index contributed by atoms with van der Waals surface area (Å²) in [6.07, 6.45) is -4.46. The van der Waals surface area contributed by atoms with E-state index in [9.17, 15) is 18.0 Å². The molecule has 25 heavy (non-hydrogen) atoms. The lowest BCUT2D eigenvalue weighted by molar-refractivity contribution is -0.137. The summed E-state index contributed by atoms with van der Waals surface area (Å²) in [4.78, 5) is 21.1. The number of carbonyl (C=O) groups excluding carboxylic acids is 1. The van der Waals surface area contributed by atoms with Crippen molar-refractivity contribution in [1.82, 2.24) is 9.97 Å². The molecule has 3 aromatic rings. The van der Waals surface area contributed by atoms with Gasteiger partial charge in [0.2, 0.25) is 0 Å². The molecule has 1 aromatic heterocycles. The number of amides is 1. The van der Waals surface area contributed by atoms with Crippen LogP contribution < -0.4 is 5.32 Å². The minimum absolute atomic E-state index is 0.0751. The van der Waals surface area contributed by atoms with Crippen LogP contribution in [0.4, 0.5) is 18.9 Å². The molecule has 2 aromatic carbocycles. The van der Waals surface area contributed by atoms with Gasteiger partial charge in [0.15, 0.2) is 0 Å². The maximum atomic E-state index is 12.7. The number of hydrogen-bond acceptors (Lipinski definition) is 3. The van der Waals surface area contributed by atoms with Gasteiger partial charge in [-0.25, -0.2) is 9.97 Å². The summed E-state index contributed by atoms with van der Waals surface area (Å²) < 4.78 is 38.2. The monoisotopic (exact) mass is 345 g/mol. The first-order valence-electron chi connectivity index (χ1n) is 7.47. The smallest absolute Gasteiger partial charge is 0.322 e. The summed E-state index contributed by atoms with van der Waals surface area (Å²) >= 11 is 0.